The molecule has 1 aromatic carbocycles. The Morgan fingerprint density at radius 3 is 2.62 bits per heavy atom. The van der Waals surface area contributed by atoms with Crippen molar-refractivity contribution in [3.8, 4) is 0 Å². The molecule has 13 heavy (non-hydrogen) atoms. The molecule has 0 amide bonds. The molecule has 0 spiro atoms. The van der Waals surface area contributed by atoms with Crippen LogP contribution in [0.25, 0.3) is 0 Å². The van der Waals surface area contributed by atoms with Crippen molar-refractivity contribution < 1.29 is 4.57 Å². The van der Waals surface area contributed by atoms with E-state index in [0.29, 0.717) is 6.54 Å². The molecule has 2 N–H and O–H groups in total. The van der Waals surface area contributed by atoms with Gasteiger partial charge in [-0.3, -0.25) is 0 Å². The second-order valence-corrected chi connectivity index (χ2v) is 6.78. The highest BCUT2D eigenvalue weighted by atomic mass is 31.2. The maximum atomic E-state index is 11.7. The number of nitrogens with two attached hydrogens (primary N) is 1. The average Bonchev–Trinajstić information content (AvgIpc) is 2.04. The van der Waals surface area contributed by atoms with Gasteiger partial charge in [0.1, 0.15) is 7.14 Å². The summed E-state index contributed by atoms with van der Waals surface area (Å²) in [5.74, 6) is 0. The highest BCUT2D eigenvalue weighted by Crippen LogP contribution is 2.34. The van der Waals surface area contributed by atoms with Crippen LogP contribution in [0.4, 0.5) is 0 Å². The summed E-state index contributed by atoms with van der Waals surface area (Å²) in [6, 6.07) is 7.88. The molecule has 0 atom stereocenters. The monoisotopic (exact) mass is 197 g/mol. The Morgan fingerprint density at radius 1 is 1.38 bits per heavy atom. The first-order valence-electron chi connectivity index (χ1n) is 4.38. The lowest BCUT2D eigenvalue weighted by atomic mass is 10.2. The standard InChI is InChI=1S/C10H16NOP/c1-13(2,12)10-5-3-4-9(8-10)6-7-11/h3-5,8H,6-7,11H2,1-2H3. The van der Waals surface area contributed by atoms with Gasteiger partial charge >= 0.3 is 0 Å². The van der Waals surface area contributed by atoms with Gasteiger partial charge < -0.3 is 10.3 Å². The Balaban J connectivity index is 2.99. The lowest BCUT2D eigenvalue weighted by Gasteiger charge is -2.08. The van der Waals surface area contributed by atoms with Gasteiger partial charge in [0.25, 0.3) is 0 Å². The maximum absolute atomic E-state index is 11.7. The normalized spacial score (nSPS) is 11.6. The lowest BCUT2D eigenvalue weighted by Crippen LogP contribution is -2.07. The van der Waals surface area contributed by atoms with Crippen LogP contribution in [0, 0.1) is 0 Å². The van der Waals surface area contributed by atoms with Gasteiger partial charge in [-0.25, -0.2) is 0 Å². The molecule has 0 saturated carbocycles. The summed E-state index contributed by atoms with van der Waals surface area (Å²) in [4.78, 5) is 0. The highest BCUT2D eigenvalue weighted by Gasteiger charge is 2.10. The van der Waals surface area contributed by atoms with Crippen LogP contribution < -0.4 is 11.0 Å². The topological polar surface area (TPSA) is 43.1 Å². The maximum Gasteiger partial charge on any atom is 0.109 e. The molecule has 0 saturated heterocycles. The molecular formula is C10H16NOP. The van der Waals surface area contributed by atoms with E-state index in [1.165, 1.54) is 5.56 Å². The van der Waals surface area contributed by atoms with Crippen molar-refractivity contribution in [1.82, 2.24) is 0 Å². The number of benzene rings is 1. The van der Waals surface area contributed by atoms with Gasteiger partial charge in [-0.1, -0.05) is 18.2 Å². The molecule has 0 aliphatic rings. The number of hydrogen-bond acceptors (Lipinski definition) is 2. The predicted molar refractivity (Wildman–Crippen MR) is 58.3 cm³/mol. The second-order valence-electron chi connectivity index (χ2n) is 3.56. The lowest BCUT2D eigenvalue weighted by molar-refractivity contribution is 0.588. The van der Waals surface area contributed by atoms with Gasteiger partial charge in [0.15, 0.2) is 0 Å². The van der Waals surface area contributed by atoms with E-state index in [0.717, 1.165) is 11.7 Å². The Hall–Kier alpha value is -0.590. The zero-order chi connectivity index (χ0) is 9.90. The molecule has 3 heteroatoms. The highest BCUT2D eigenvalue weighted by molar-refractivity contribution is 7.70. The summed E-state index contributed by atoms with van der Waals surface area (Å²) in [5, 5.41) is 0.943. The van der Waals surface area contributed by atoms with Gasteiger partial charge in [0.05, 0.1) is 0 Å². The van der Waals surface area contributed by atoms with Crippen LogP contribution in [-0.4, -0.2) is 19.9 Å². The first kappa shape index (κ1) is 10.5. The van der Waals surface area contributed by atoms with Crippen molar-refractivity contribution in [1.29, 1.82) is 0 Å². The van der Waals surface area contributed by atoms with Crippen molar-refractivity contribution in [3.05, 3.63) is 29.8 Å². The molecule has 1 aromatic rings. The van der Waals surface area contributed by atoms with E-state index in [2.05, 4.69) is 0 Å². The molecule has 2 nitrogen and oxygen atoms in total. The van der Waals surface area contributed by atoms with E-state index in [9.17, 15) is 4.57 Å². The molecule has 72 valence electrons. The summed E-state index contributed by atoms with van der Waals surface area (Å²) >= 11 is 0. The fourth-order valence-corrected chi connectivity index (χ4v) is 2.14. The van der Waals surface area contributed by atoms with E-state index in [1.807, 2.05) is 24.3 Å². The molecule has 0 unspecified atom stereocenters. The van der Waals surface area contributed by atoms with E-state index in [-0.39, 0.29) is 0 Å². The zero-order valence-corrected chi connectivity index (χ0v) is 9.05. The van der Waals surface area contributed by atoms with Crippen LogP contribution in [0.5, 0.6) is 0 Å². The van der Waals surface area contributed by atoms with Crippen LogP contribution in [0.3, 0.4) is 0 Å². The van der Waals surface area contributed by atoms with Crippen LogP contribution in [0.15, 0.2) is 24.3 Å². The van der Waals surface area contributed by atoms with E-state index in [1.54, 1.807) is 13.3 Å². The molecule has 0 bridgehead atoms. The van der Waals surface area contributed by atoms with Crippen LogP contribution in [0.2, 0.25) is 0 Å². The summed E-state index contributed by atoms with van der Waals surface area (Å²) < 4.78 is 11.7. The van der Waals surface area contributed by atoms with E-state index in [4.69, 9.17) is 5.73 Å². The Labute approximate surface area is 79.5 Å². The first-order valence-corrected chi connectivity index (χ1v) is 6.98. The third kappa shape index (κ3) is 2.98. The largest absolute Gasteiger partial charge is 0.330 e. The Kier molecular flexibility index (Phi) is 3.29. The summed E-state index contributed by atoms with van der Waals surface area (Å²) in [5.41, 5.74) is 6.62. The SMILES string of the molecule is CP(C)(=O)c1cccc(CCN)c1. The quantitative estimate of drug-likeness (QED) is 0.745. The fourth-order valence-electron chi connectivity index (χ4n) is 1.21. The molecule has 0 aliphatic carbocycles. The third-order valence-electron chi connectivity index (χ3n) is 1.97. The van der Waals surface area contributed by atoms with Gasteiger partial charge in [-0.2, -0.15) is 0 Å². The van der Waals surface area contributed by atoms with Crippen molar-refractivity contribution in [2.75, 3.05) is 19.9 Å². The van der Waals surface area contributed by atoms with Gasteiger partial charge in [0.2, 0.25) is 0 Å². The van der Waals surface area contributed by atoms with Crippen molar-refractivity contribution in [2.24, 2.45) is 5.73 Å². The van der Waals surface area contributed by atoms with Crippen molar-refractivity contribution >= 4 is 12.4 Å². The average molecular weight is 197 g/mol. The smallest absolute Gasteiger partial charge is 0.109 e. The molecule has 0 aliphatic heterocycles. The van der Waals surface area contributed by atoms with E-state index < -0.39 is 7.14 Å². The molecular weight excluding hydrogens is 181 g/mol. The van der Waals surface area contributed by atoms with Gasteiger partial charge in [0, 0.05) is 5.30 Å². The van der Waals surface area contributed by atoms with Crippen LogP contribution in [0.1, 0.15) is 5.56 Å². The Bertz CT molecular complexity index is 329. The summed E-state index contributed by atoms with van der Waals surface area (Å²) in [7, 11) is -2.11. The predicted octanol–water partition coefficient (Wildman–Crippen LogP) is 1.44. The zero-order valence-electron chi connectivity index (χ0n) is 8.16. The first-order chi connectivity index (χ1) is 6.04. The molecule has 0 radical (unpaired) electrons. The minimum atomic E-state index is -2.11. The van der Waals surface area contributed by atoms with Crippen LogP contribution >= 0.6 is 7.14 Å². The summed E-state index contributed by atoms with van der Waals surface area (Å²) in [6.07, 6.45) is 0.855. The van der Waals surface area contributed by atoms with Crippen molar-refractivity contribution in [2.45, 2.75) is 6.42 Å². The minimum absolute atomic E-state index is 0.640. The number of hydrogen-bond donors (Lipinski definition) is 1. The molecule has 1 rings (SSSR count). The summed E-state index contributed by atoms with van der Waals surface area (Å²) in [6.45, 7) is 4.21. The third-order valence-corrected chi connectivity index (χ3v) is 3.49. The van der Waals surface area contributed by atoms with Crippen molar-refractivity contribution in [3.63, 3.8) is 0 Å². The fraction of sp³-hybridized carbons (Fsp3) is 0.400. The molecule has 0 fully saturated rings. The van der Waals surface area contributed by atoms with E-state index >= 15 is 0 Å². The Morgan fingerprint density at radius 2 is 2.08 bits per heavy atom. The number of rotatable bonds is 3. The second kappa shape index (κ2) is 4.08. The molecule has 0 aromatic heterocycles. The van der Waals surface area contributed by atoms with Gasteiger partial charge in [-0.05, 0) is 37.9 Å². The molecule has 0 heterocycles. The van der Waals surface area contributed by atoms with Crippen LogP contribution in [-0.2, 0) is 11.0 Å². The minimum Gasteiger partial charge on any atom is -0.330 e. The van der Waals surface area contributed by atoms with Gasteiger partial charge in [-0.15, -0.1) is 0 Å².